The van der Waals surface area contributed by atoms with Crippen LogP contribution >= 0.6 is 0 Å². The lowest BCUT2D eigenvalue weighted by Gasteiger charge is -2.38. The highest BCUT2D eigenvalue weighted by molar-refractivity contribution is 5.25. The zero-order valence-electron chi connectivity index (χ0n) is 13.4. The van der Waals surface area contributed by atoms with E-state index in [1.54, 1.807) is 0 Å². The molecule has 20 heavy (non-hydrogen) atoms. The first-order valence-electron chi connectivity index (χ1n) is 8.22. The summed E-state index contributed by atoms with van der Waals surface area (Å²) in [6, 6.07) is 10.2. The Balaban J connectivity index is 1.79. The van der Waals surface area contributed by atoms with Crippen molar-refractivity contribution in [2.24, 2.45) is 0 Å². The van der Waals surface area contributed by atoms with Gasteiger partial charge in [-0.3, -0.25) is 0 Å². The fourth-order valence-electron chi connectivity index (χ4n) is 3.24. The van der Waals surface area contributed by atoms with Gasteiger partial charge >= 0.3 is 0 Å². The van der Waals surface area contributed by atoms with Crippen LogP contribution in [0.15, 0.2) is 24.3 Å². The molecule has 1 fully saturated rings. The molecule has 0 amide bonds. The number of nitrogens with one attached hydrogen (secondary N) is 1. The maximum Gasteiger partial charge on any atom is 0.00940 e. The van der Waals surface area contributed by atoms with Crippen molar-refractivity contribution in [3.8, 4) is 0 Å². The lowest BCUT2D eigenvalue weighted by atomic mass is 9.97. The quantitative estimate of drug-likeness (QED) is 0.855. The van der Waals surface area contributed by atoms with E-state index in [0.717, 1.165) is 6.04 Å². The van der Waals surface area contributed by atoms with Crippen LogP contribution in [0.2, 0.25) is 0 Å². The van der Waals surface area contributed by atoms with Crippen molar-refractivity contribution < 1.29 is 0 Å². The highest BCUT2D eigenvalue weighted by Gasteiger charge is 2.24. The third-order valence-corrected chi connectivity index (χ3v) is 4.63. The summed E-state index contributed by atoms with van der Waals surface area (Å²) in [4.78, 5) is 2.66. The molecular formula is C18H30N2. The minimum atomic E-state index is 0.710. The Morgan fingerprint density at radius 3 is 2.80 bits per heavy atom. The largest absolute Gasteiger partial charge is 0.314 e. The molecule has 112 valence electrons. The second-order valence-electron chi connectivity index (χ2n) is 6.24. The van der Waals surface area contributed by atoms with E-state index >= 15 is 0 Å². The molecule has 2 rings (SSSR count). The van der Waals surface area contributed by atoms with Gasteiger partial charge in [0.2, 0.25) is 0 Å². The third kappa shape index (κ3) is 4.32. The molecule has 1 aliphatic heterocycles. The lowest BCUT2D eigenvalue weighted by molar-refractivity contribution is 0.138. The summed E-state index contributed by atoms with van der Waals surface area (Å²) in [5.41, 5.74) is 2.94. The van der Waals surface area contributed by atoms with E-state index in [1.807, 2.05) is 0 Å². The predicted molar refractivity (Wildman–Crippen MR) is 87.2 cm³/mol. The van der Waals surface area contributed by atoms with Crippen LogP contribution in [0, 0.1) is 6.92 Å². The van der Waals surface area contributed by atoms with Gasteiger partial charge in [-0.15, -0.1) is 0 Å². The van der Waals surface area contributed by atoms with E-state index in [-0.39, 0.29) is 0 Å². The molecule has 0 spiro atoms. The molecule has 0 bridgehead atoms. The van der Waals surface area contributed by atoms with Crippen LogP contribution in [0.25, 0.3) is 0 Å². The Morgan fingerprint density at radius 2 is 2.10 bits per heavy atom. The molecule has 1 aromatic rings. The van der Waals surface area contributed by atoms with E-state index in [0.29, 0.717) is 6.04 Å². The van der Waals surface area contributed by atoms with Gasteiger partial charge in [-0.25, -0.2) is 0 Å². The van der Waals surface area contributed by atoms with Gasteiger partial charge in [0.25, 0.3) is 0 Å². The topological polar surface area (TPSA) is 15.3 Å². The summed E-state index contributed by atoms with van der Waals surface area (Å²) in [6.45, 7) is 10.5. The maximum absolute atomic E-state index is 3.68. The van der Waals surface area contributed by atoms with Crippen molar-refractivity contribution in [3.63, 3.8) is 0 Å². The van der Waals surface area contributed by atoms with Gasteiger partial charge in [-0.05, 0) is 63.7 Å². The molecule has 2 atom stereocenters. The Bertz CT molecular complexity index is 402. The second-order valence-corrected chi connectivity index (χ2v) is 6.24. The summed E-state index contributed by atoms with van der Waals surface area (Å²) < 4.78 is 0. The monoisotopic (exact) mass is 274 g/mol. The fourth-order valence-corrected chi connectivity index (χ4v) is 3.24. The van der Waals surface area contributed by atoms with E-state index in [9.17, 15) is 0 Å². The number of likely N-dealkylation sites (tertiary alicyclic amines) is 1. The van der Waals surface area contributed by atoms with Crippen molar-refractivity contribution in [2.45, 2.75) is 58.5 Å². The van der Waals surface area contributed by atoms with E-state index in [4.69, 9.17) is 0 Å². The normalized spacial score (nSPS) is 23.9. The van der Waals surface area contributed by atoms with Gasteiger partial charge in [-0.1, -0.05) is 31.2 Å². The molecule has 1 N–H and O–H groups in total. The lowest BCUT2D eigenvalue weighted by Crippen LogP contribution is -2.48. The summed E-state index contributed by atoms with van der Waals surface area (Å²) in [7, 11) is 0. The standard InChI is InChI=1S/C18H30N2/c1-4-11-19-18-10-13-20(16(3)14-18)12-9-17-8-6-5-7-15(17)2/h5-8,16,18-19H,4,9-14H2,1-3H3. The predicted octanol–water partition coefficient (Wildman–Crippen LogP) is 3.39. The van der Waals surface area contributed by atoms with Crippen LogP contribution in [0.3, 0.4) is 0 Å². The van der Waals surface area contributed by atoms with Gasteiger partial charge in [0.1, 0.15) is 0 Å². The van der Waals surface area contributed by atoms with Crippen molar-refractivity contribution in [1.29, 1.82) is 0 Å². The van der Waals surface area contributed by atoms with Gasteiger partial charge in [0, 0.05) is 18.6 Å². The van der Waals surface area contributed by atoms with Crippen LogP contribution in [0.1, 0.15) is 44.2 Å². The number of rotatable bonds is 6. The number of hydrogen-bond acceptors (Lipinski definition) is 2. The minimum absolute atomic E-state index is 0.710. The van der Waals surface area contributed by atoms with Crippen molar-refractivity contribution in [1.82, 2.24) is 10.2 Å². The minimum Gasteiger partial charge on any atom is -0.314 e. The fraction of sp³-hybridized carbons (Fsp3) is 0.667. The molecular weight excluding hydrogens is 244 g/mol. The summed E-state index contributed by atoms with van der Waals surface area (Å²) in [6.07, 6.45) is 5.03. The molecule has 1 heterocycles. The average molecular weight is 274 g/mol. The SMILES string of the molecule is CCCNC1CCN(CCc2ccccc2C)C(C)C1. The number of benzene rings is 1. The van der Waals surface area contributed by atoms with Gasteiger partial charge < -0.3 is 10.2 Å². The maximum atomic E-state index is 3.68. The van der Waals surface area contributed by atoms with Crippen LogP contribution in [0.4, 0.5) is 0 Å². The second kappa shape index (κ2) is 7.80. The molecule has 0 aromatic heterocycles. The molecule has 2 heteroatoms. The number of piperidine rings is 1. The molecule has 1 saturated heterocycles. The summed E-state index contributed by atoms with van der Waals surface area (Å²) >= 11 is 0. The molecule has 1 aromatic carbocycles. The summed E-state index contributed by atoms with van der Waals surface area (Å²) in [5, 5.41) is 3.68. The smallest absolute Gasteiger partial charge is 0.00940 e. The van der Waals surface area contributed by atoms with Gasteiger partial charge in [-0.2, -0.15) is 0 Å². The van der Waals surface area contributed by atoms with E-state index in [1.165, 1.54) is 56.4 Å². The van der Waals surface area contributed by atoms with Gasteiger partial charge in [0.15, 0.2) is 0 Å². The first-order chi connectivity index (χ1) is 9.70. The van der Waals surface area contributed by atoms with Crippen LogP contribution in [0.5, 0.6) is 0 Å². The number of hydrogen-bond donors (Lipinski definition) is 1. The van der Waals surface area contributed by atoms with E-state index < -0.39 is 0 Å². The molecule has 0 radical (unpaired) electrons. The Kier molecular flexibility index (Phi) is 6.06. The Morgan fingerprint density at radius 1 is 1.30 bits per heavy atom. The third-order valence-electron chi connectivity index (χ3n) is 4.63. The van der Waals surface area contributed by atoms with Crippen LogP contribution < -0.4 is 5.32 Å². The number of nitrogens with zero attached hydrogens (tertiary/aromatic N) is 1. The Hall–Kier alpha value is -0.860. The summed E-state index contributed by atoms with van der Waals surface area (Å²) in [5.74, 6) is 0. The molecule has 2 unspecified atom stereocenters. The first-order valence-corrected chi connectivity index (χ1v) is 8.22. The zero-order valence-corrected chi connectivity index (χ0v) is 13.4. The van der Waals surface area contributed by atoms with E-state index in [2.05, 4.69) is 55.3 Å². The zero-order chi connectivity index (χ0) is 14.4. The molecule has 0 aliphatic carbocycles. The van der Waals surface area contributed by atoms with Crippen molar-refractivity contribution in [3.05, 3.63) is 35.4 Å². The number of aryl methyl sites for hydroxylation is 1. The highest BCUT2D eigenvalue weighted by atomic mass is 15.2. The molecule has 0 saturated carbocycles. The van der Waals surface area contributed by atoms with Gasteiger partial charge in [0.05, 0.1) is 0 Å². The van der Waals surface area contributed by atoms with Crippen LogP contribution in [-0.2, 0) is 6.42 Å². The van der Waals surface area contributed by atoms with Crippen molar-refractivity contribution in [2.75, 3.05) is 19.6 Å². The van der Waals surface area contributed by atoms with Crippen LogP contribution in [-0.4, -0.2) is 36.6 Å². The molecule has 1 aliphatic rings. The highest BCUT2D eigenvalue weighted by Crippen LogP contribution is 2.18. The van der Waals surface area contributed by atoms with Crippen molar-refractivity contribution >= 4 is 0 Å². The average Bonchev–Trinajstić information content (AvgIpc) is 2.45. The molecule has 2 nitrogen and oxygen atoms in total. The Labute approximate surface area is 124 Å². The first kappa shape index (κ1) is 15.5.